The molecule has 1 N–H and O–H groups in total. The van der Waals surface area contributed by atoms with E-state index in [-0.39, 0.29) is 0 Å². The molecule has 0 bridgehead atoms. The molecule has 0 unspecified atom stereocenters. The van der Waals surface area contributed by atoms with Gasteiger partial charge in [0.2, 0.25) is 0 Å². The van der Waals surface area contributed by atoms with Gasteiger partial charge in [0.25, 0.3) is 0 Å². The number of benzene rings is 1. The Kier molecular flexibility index (Phi) is 6.68. The Hall–Kier alpha value is -0.900. The van der Waals surface area contributed by atoms with E-state index < -0.39 is 0 Å². The van der Waals surface area contributed by atoms with Crippen LogP contribution in [0, 0.1) is 0 Å². The van der Waals surface area contributed by atoms with Crippen LogP contribution in [0.25, 0.3) is 0 Å². The highest BCUT2D eigenvalue weighted by Gasteiger charge is 2.20. The fraction of sp³-hybridized carbons (Fsp3) is 0.667. The van der Waals surface area contributed by atoms with Crippen molar-refractivity contribution in [2.24, 2.45) is 0 Å². The first-order valence-corrected chi connectivity index (χ1v) is 8.36. The maximum atomic E-state index is 3.48. The first-order valence-electron chi connectivity index (χ1n) is 8.36. The highest BCUT2D eigenvalue weighted by Crippen LogP contribution is 2.17. The Morgan fingerprint density at radius 2 is 1.90 bits per heavy atom. The number of nitrogens with zero attached hydrogens (tertiary/aromatic N) is 2. The van der Waals surface area contributed by atoms with Gasteiger partial charge in [0.05, 0.1) is 0 Å². The van der Waals surface area contributed by atoms with Crippen molar-refractivity contribution in [3.8, 4) is 0 Å². The first-order chi connectivity index (χ1) is 10.2. The molecule has 1 heterocycles. The van der Waals surface area contributed by atoms with Crippen LogP contribution < -0.4 is 5.32 Å². The number of hydrogen-bond donors (Lipinski definition) is 1. The van der Waals surface area contributed by atoms with Crippen molar-refractivity contribution in [2.45, 2.75) is 45.3 Å². The minimum absolute atomic E-state index is 0.769. The van der Waals surface area contributed by atoms with Crippen molar-refractivity contribution in [3.63, 3.8) is 0 Å². The zero-order chi connectivity index (χ0) is 15.1. The molecule has 1 aliphatic heterocycles. The maximum Gasteiger partial charge on any atom is 0.0233 e. The third-order valence-corrected chi connectivity index (χ3v) is 4.44. The third kappa shape index (κ3) is 5.42. The topological polar surface area (TPSA) is 18.5 Å². The molecule has 1 saturated heterocycles. The SMILES string of the molecule is CCCNCc1cccc(CN2CCC(N(C)C)CC2)c1. The van der Waals surface area contributed by atoms with Crippen molar-refractivity contribution < 1.29 is 0 Å². The van der Waals surface area contributed by atoms with Crippen molar-refractivity contribution in [3.05, 3.63) is 35.4 Å². The van der Waals surface area contributed by atoms with E-state index in [0.717, 1.165) is 25.7 Å². The van der Waals surface area contributed by atoms with Crippen LogP contribution in [0.15, 0.2) is 24.3 Å². The lowest BCUT2D eigenvalue weighted by Gasteiger charge is -2.35. The Morgan fingerprint density at radius 1 is 1.19 bits per heavy atom. The van der Waals surface area contributed by atoms with Crippen molar-refractivity contribution >= 4 is 0 Å². The summed E-state index contributed by atoms with van der Waals surface area (Å²) in [7, 11) is 4.40. The van der Waals surface area contributed by atoms with E-state index in [1.807, 2.05) is 0 Å². The highest BCUT2D eigenvalue weighted by molar-refractivity contribution is 5.23. The fourth-order valence-electron chi connectivity index (χ4n) is 3.10. The molecule has 1 aliphatic rings. The summed E-state index contributed by atoms with van der Waals surface area (Å²) in [5, 5.41) is 3.48. The van der Waals surface area contributed by atoms with Gasteiger partial charge in [-0.2, -0.15) is 0 Å². The maximum absolute atomic E-state index is 3.48. The zero-order valence-electron chi connectivity index (χ0n) is 13.9. The van der Waals surface area contributed by atoms with Gasteiger partial charge in [-0.15, -0.1) is 0 Å². The van der Waals surface area contributed by atoms with Crippen LogP contribution in [0.5, 0.6) is 0 Å². The van der Waals surface area contributed by atoms with Crippen LogP contribution in [0.3, 0.4) is 0 Å². The lowest BCUT2D eigenvalue weighted by Crippen LogP contribution is -2.41. The second-order valence-corrected chi connectivity index (χ2v) is 6.47. The highest BCUT2D eigenvalue weighted by atomic mass is 15.2. The average molecular weight is 289 g/mol. The van der Waals surface area contributed by atoms with Crippen LogP contribution in [-0.4, -0.2) is 49.6 Å². The number of rotatable bonds is 7. The van der Waals surface area contributed by atoms with Gasteiger partial charge in [0, 0.05) is 19.1 Å². The summed E-state index contributed by atoms with van der Waals surface area (Å²) in [4.78, 5) is 4.97. The molecule has 1 aromatic carbocycles. The second-order valence-electron chi connectivity index (χ2n) is 6.47. The van der Waals surface area contributed by atoms with Crippen LogP contribution in [-0.2, 0) is 13.1 Å². The molecule has 0 radical (unpaired) electrons. The molecule has 118 valence electrons. The van der Waals surface area contributed by atoms with Crippen molar-refractivity contribution in [1.29, 1.82) is 0 Å². The van der Waals surface area contributed by atoms with Gasteiger partial charge in [-0.05, 0) is 64.1 Å². The summed E-state index contributed by atoms with van der Waals surface area (Å²) < 4.78 is 0. The molecule has 2 rings (SSSR count). The minimum Gasteiger partial charge on any atom is -0.313 e. The summed E-state index contributed by atoms with van der Waals surface area (Å²) in [6.07, 6.45) is 3.79. The number of piperidine rings is 1. The fourth-order valence-corrected chi connectivity index (χ4v) is 3.10. The van der Waals surface area contributed by atoms with Crippen LogP contribution >= 0.6 is 0 Å². The second kappa shape index (κ2) is 8.52. The predicted molar refractivity (Wildman–Crippen MR) is 90.4 cm³/mol. The molecule has 0 aliphatic carbocycles. The molecular formula is C18H31N3. The van der Waals surface area contributed by atoms with E-state index in [9.17, 15) is 0 Å². The molecule has 1 aromatic rings. The molecule has 0 aromatic heterocycles. The Balaban J connectivity index is 1.81. The third-order valence-electron chi connectivity index (χ3n) is 4.44. The molecule has 0 spiro atoms. The Bertz CT molecular complexity index is 409. The van der Waals surface area contributed by atoms with Gasteiger partial charge in [0.15, 0.2) is 0 Å². The largest absolute Gasteiger partial charge is 0.313 e. The molecular weight excluding hydrogens is 258 g/mol. The molecule has 1 fully saturated rings. The molecule has 0 saturated carbocycles. The summed E-state index contributed by atoms with van der Waals surface area (Å²) >= 11 is 0. The van der Waals surface area contributed by atoms with Gasteiger partial charge in [-0.3, -0.25) is 4.90 Å². The number of nitrogens with one attached hydrogen (secondary N) is 1. The van der Waals surface area contributed by atoms with Crippen LogP contribution in [0.1, 0.15) is 37.3 Å². The summed E-state index contributed by atoms with van der Waals surface area (Å²) in [5.74, 6) is 0. The lowest BCUT2D eigenvalue weighted by atomic mass is 10.0. The van der Waals surface area contributed by atoms with Gasteiger partial charge in [-0.25, -0.2) is 0 Å². The van der Waals surface area contributed by atoms with E-state index >= 15 is 0 Å². The average Bonchev–Trinajstić information content (AvgIpc) is 2.48. The van der Waals surface area contributed by atoms with Crippen molar-refractivity contribution in [2.75, 3.05) is 33.7 Å². The normalized spacial score (nSPS) is 17.5. The van der Waals surface area contributed by atoms with Gasteiger partial charge in [0.1, 0.15) is 0 Å². The summed E-state index contributed by atoms with van der Waals surface area (Å²) in [6.45, 7) is 7.84. The van der Waals surface area contributed by atoms with Gasteiger partial charge >= 0.3 is 0 Å². The minimum atomic E-state index is 0.769. The van der Waals surface area contributed by atoms with Crippen molar-refractivity contribution in [1.82, 2.24) is 15.1 Å². The van der Waals surface area contributed by atoms with Gasteiger partial charge < -0.3 is 10.2 Å². The zero-order valence-corrected chi connectivity index (χ0v) is 13.9. The quantitative estimate of drug-likeness (QED) is 0.779. The Morgan fingerprint density at radius 3 is 2.57 bits per heavy atom. The van der Waals surface area contributed by atoms with Gasteiger partial charge in [-0.1, -0.05) is 31.2 Å². The van der Waals surface area contributed by atoms with E-state index in [2.05, 4.69) is 60.4 Å². The molecule has 3 heteroatoms. The predicted octanol–water partition coefficient (Wildman–Crippen LogP) is 2.71. The lowest BCUT2D eigenvalue weighted by molar-refractivity contribution is 0.140. The van der Waals surface area contributed by atoms with E-state index in [1.165, 1.54) is 43.5 Å². The molecule has 0 amide bonds. The Labute approximate surface area is 130 Å². The van der Waals surface area contributed by atoms with Crippen LogP contribution in [0.2, 0.25) is 0 Å². The monoisotopic (exact) mass is 289 g/mol. The van der Waals surface area contributed by atoms with E-state index in [0.29, 0.717) is 0 Å². The number of hydrogen-bond acceptors (Lipinski definition) is 3. The standard InChI is InChI=1S/C18H31N3/c1-4-10-19-14-16-6-5-7-17(13-16)15-21-11-8-18(9-12-21)20(2)3/h5-7,13,18-19H,4,8-12,14-15H2,1-3H3. The van der Waals surface area contributed by atoms with E-state index in [4.69, 9.17) is 0 Å². The molecule has 0 atom stereocenters. The first kappa shape index (κ1) is 16.5. The molecule has 21 heavy (non-hydrogen) atoms. The molecule has 3 nitrogen and oxygen atoms in total. The summed E-state index contributed by atoms with van der Waals surface area (Å²) in [5.41, 5.74) is 2.86. The number of likely N-dealkylation sites (tertiary alicyclic amines) is 1. The van der Waals surface area contributed by atoms with Crippen LogP contribution in [0.4, 0.5) is 0 Å². The smallest absolute Gasteiger partial charge is 0.0233 e. The van der Waals surface area contributed by atoms with E-state index in [1.54, 1.807) is 0 Å². The summed E-state index contributed by atoms with van der Waals surface area (Å²) in [6, 6.07) is 9.82.